The van der Waals surface area contributed by atoms with E-state index in [1.807, 2.05) is 18.2 Å². The van der Waals surface area contributed by atoms with E-state index >= 15 is 0 Å². The predicted octanol–water partition coefficient (Wildman–Crippen LogP) is 5.83. The van der Waals surface area contributed by atoms with Crippen LogP contribution in [0.5, 0.6) is 11.7 Å². The Morgan fingerprint density at radius 1 is 1.00 bits per heavy atom. The van der Waals surface area contributed by atoms with Crippen molar-refractivity contribution >= 4 is 28.1 Å². The molecule has 2 heterocycles. The Balaban J connectivity index is 1.61. The molecular weight excluding hydrogens is 381 g/mol. The number of rotatable bonds is 4. The van der Waals surface area contributed by atoms with Crippen molar-refractivity contribution in [3.63, 3.8) is 0 Å². The lowest BCUT2D eigenvalue weighted by molar-refractivity contribution is -0.154. The van der Waals surface area contributed by atoms with E-state index in [1.54, 1.807) is 24.3 Å². The van der Waals surface area contributed by atoms with E-state index in [-0.39, 0.29) is 5.75 Å². The van der Waals surface area contributed by atoms with Crippen LogP contribution < -0.4 is 9.47 Å². The molecule has 0 atom stereocenters. The molecule has 0 aliphatic rings. The van der Waals surface area contributed by atoms with Crippen LogP contribution in [0.15, 0.2) is 57.4 Å². The van der Waals surface area contributed by atoms with Crippen molar-refractivity contribution in [1.82, 2.24) is 0 Å². The number of furan rings is 2. The lowest BCUT2D eigenvalue weighted by Gasteiger charge is -2.08. The van der Waals surface area contributed by atoms with E-state index in [2.05, 4.69) is 9.15 Å². The second-order valence-corrected chi connectivity index (χ2v) is 5.83. The molecular formula is C19H11F3O6. The minimum atomic E-state index is -4.83. The minimum Gasteiger partial charge on any atom is -0.489 e. The summed E-state index contributed by atoms with van der Waals surface area (Å²) in [7, 11) is 0. The number of hydrogen-bond acceptors (Lipinski definition) is 5. The fourth-order valence-corrected chi connectivity index (χ4v) is 2.84. The summed E-state index contributed by atoms with van der Waals surface area (Å²) in [5.74, 6) is -1.89. The van der Waals surface area contributed by atoms with Crippen molar-refractivity contribution in [2.75, 3.05) is 0 Å². The monoisotopic (exact) mass is 392 g/mol. The number of hydrogen-bond donors (Lipinski definition) is 1. The molecule has 28 heavy (non-hydrogen) atoms. The van der Waals surface area contributed by atoms with Gasteiger partial charge in [-0.2, -0.15) is 13.2 Å². The summed E-state index contributed by atoms with van der Waals surface area (Å²) in [6, 6.07) is 13.1. The Bertz CT molecular complexity index is 1170. The molecule has 0 saturated heterocycles. The van der Waals surface area contributed by atoms with Crippen LogP contribution in [0.25, 0.3) is 21.9 Å². The van der Waals surface area contributed by atoms with Gasteiger partial charge in [-0.3, -0.25) is 0 Å². The maximum atomic E-state index is 13.1. The first-order valence-corrected chi connectivity index (χ1v) is 7.96. The van der Waals surface area contributed by atoms with E-state index in [0.29, 0.717) is 11.2 Å². The molecule has 1 N–H and O–H groups in total. The highest BCUT2D eigenvalue weighted by Gasteiger charge is 2.39. The summed E-state index contributed by atoms with van der Waals surface area (Å²) in [6.45, 7) is -0.507. The van der Waals surface area contributed by atoms with Crippen LogP contribution >= 0.6 is 0 Å². The fourth-order valence-electron chi connectivity index (χ4n) is 2.84. The van der Waals surface area contributed by atoms with Crippen LogP contribution in [-0.4, -0.2) is 11.3 Å². The quantitative estimate of drug-likeness (QED) is 0.440. The molecule has 4 aromatic rings. The maximum absolute atomic E-state index is 13.1. The average Bonchev–Trinajstić information content (AvgIpc) is 3.19. The lowest BCUT2D eigenvalue weighted by atomic mass is 10.1. The van der Waals surface area contributed by atoms with Crippen molar-refractivity contribution in [3.05, 3.63) is 59.9 Å². The van der Waals surface area contributed by atoms with Gasteiger partial charge in [0.25, 0.3) is 5.95 Å². The van der Waals surface area contributed by atoms with Gasteiger partial charge in [-0.1, -0.05) is 18.2 Å². The van der Waals surface area contributed by atoms with Gasteiger partial charge in [0.2, 0.25) is 5.76 Å². The molecule has 144 valence electrons. The van der Waals surface area contributed by atoms with Crippen LogP contribution in [0.1, 0.15) is 11.3 Å². The first kappa shape index (κ1) is 17.8. The number of alkyl halides is 3. The first-order chi connectivity index (χ1) is 13.3. The number of benzene rings is 2. The third-order valence-electron chi connectivity index (χ3n) is 3.98. The Morgan fingerprint density at radius 3 is 2.50 bits per heavy atom. The molecule has 2 aromatic heterocycles. The molecule has 0 radical (unpaired) electrons. The Hall–Kier alpha value is -3.62. The van der Waals surface area contributed by atoms with Crippen LogP contribution in [0, 0.1) is 0 Å². The number of carboxylic acid groups (broad SMARTS) is 1. The van der Waals surface area contributed by atoms with E-state index in [0.717, 1.165) is 16.8 Å². The highest BCUT2D eigenvalue weighted by Crippen LogP contribution is 2.37. The predicted molar refractivity (Wildman–Crippen MR) is 90.4 cm³/mol. The zero-order valence-electron chi connectivity index (χ0n) is 13.9. The normalized spacial score (nSPS) is 11.8. The summed E-state index contributed by atoms with van der Waals surface area (Å²) in [5.41, 5.74) is 0.810. The lowest BCUT2D eigenvalue weighted by Crippen LogP contribution is -2.08. The Labute approximate surface area is 154 Å². The molecule has 6 nitrogen and oxygen atoms in total. The van der Waals surface area contributed by atoms with E-state index in [4.69, 9.17) is 14.3 Å². The fraction of sp³-hybridized carbons (Fsp3) is 0.105. The summed E-state index contributed by atoms with van der Waals surface area (Å²) < 4.78 is 59.0. The minimum absolute atomic E-state index is 0.279. The van der Waals surface area contributed by atoms with Gasteiger partial charge in [0, 0.05) is 28.5 Å². The third-order valence-corrected chi connectivity index (χ3v) is 3.98. The third kappa shape index (κ3) is 3.34. The first-order valence-electron chi connectivity index (χ1n) is 7.96. The highest BCUT2D eigenvalue weighted by molar-refractivity contribution is 6.05. The summed E-state index contributed by atoms with van der Waals surface area (Å²) in [5, 5.41) is 10.3. The summed E-state index contributed by atoms with van der Waals surface area (Å²) in [6.07, 6.45) is -6.62. The van der Waals surface area contributed by atoms with Gasteiger partial charge in [-0.05, 0) is 18.2 Å². The van der Waals surface area contributed by atoms with Crippen LogP contribution in [-0.2, 0) is 12.8 Å². The molecule has 0 unspecified atom stereocenters. The van der Waals surface area contributed by atoms with Gasteiger partial charge >= 0.3 is 12.3 Å². The van der Waals surface area contributed by atoms with E-state index in [9.17, 15) is 18.0 Å². The van der Waals surface area contributed by atoms with Crippen LogP contribution in [0.3, 0.4) is 0 Å². The van der Waals surface area contributed by atoms with Crippen molar-refractivity contribution in [1.29, 1.82) is 0 Å². The van der Waals surface area contributed by atoms with Crippen molar-refractivity contribution in [3.8, 4) is 11.7 Å². The maximum Gasteiger partial charge on any atom is 0.513 e. The Kier molecular flexibility index (Phi) is 4.14. The van der Waals surface area contributed by atoms with E-state index < -0.39 is 36.2 Å². The van der Waals surface area contributed by atoms with Gasteiger partial charge in [-0.25, -0.2) is 4.79 Å². The molecule has 0 fully saturated rings. The van der Waals surface area contributed by atoms with Gasteiger partial charge in [0.05, 0.1) is 0 Å². The Morgan fingerprint density at radius 2 is 1.75 bits per heavy atom. The standard InChI is InChI=1S/C19H11F3O6/c20-19(21,22)17-10(7-16(27-17)28-18(23)24)9-25-11-5-6-13-12-3-1-2-4-14(12)26-15(13)8-11/h1-8H,9H2,(H,23,24). The SMILES string of the molecule is O=C(O)Oc1cc(COc2ccc3c(c2)oc2ccccc23)c(C(F)(F)F)o1. The molecule has 0 amide bonds. The summed E-state index contributed by atoms with van der Waals surface area (Å²) >= 11 is 0. The number of fused-ring (bicyclic) bond motifs is 3. The van der Waals surface area contributed by atoms with E-state index in [1.165, 1.54) is 0 Å². The zero-order chi connectivity index (χ0) is 19.9. The van der Waals surface area contributed by atoms with Crippen molar-refractivity contribution < 1.29 is 41.4 Å². The molecule has 2 aromatic carbocycles. The molecule has 0 spiro atoms. The molecule has 4 rings (SSSR count). The van der Waals surface area contributed by atoms with Gasteiger partial charge in [0.15, 0.2) is 0 Å². The number of halogens is 3. The molecule has 0 aliphatic carbocycles. The van der Waals surface area contributed by atoms with Gasteiger partial charge in [0.1, 0.15) is 23.5 Å². The molecule has 0 aliphatic heterocycles. The molecule has 0 bridgehead atoms. The van der Waals surface area contributed by atoms with Gasteiger partial charge in [-0.15, -0.1) is 0 Å². The number of carbonyl (C=O) groups is 1. The van der Waals surface area contributed by atoms with Crippen molar-refractivity contribution in [2.45, 2.75) is 12.8 Å². The van der Waals surface area contributed by atoms with Crippen LogP contribution in [0.2, 0.25) is 0 Å². The number of ether oxygens (including phenoxy) is 2. The topological polar surface area (TPSA) is 82.0 Å². The number of para-hydroxylation sites is 1. The largest absolute Gasteiger partial charge is 0.513 e. The molecule has 0 saturated carbocycles. The second-order valence-electron chi connectivity index (χ2n) is 5.83. The smallest absolute Gasteiger partial charge is 0.489 e. The van der Waals surface area contributed by atoms with Crippen molar-refractivity contribution in [2.24, 2.45) is 0 Å². The van der Waals surface area contributed by atoms with Gasteiger partial charge < -0.3 is 23.4 Å². The zero-order valence-corrected chi connectivity index (χ0v) is 13.9. The van der Waals surface area contributed by atoms with Crippen LogP contribution in [0.4, 0.5) is 18.0 Å². The summed E-state index contributed by atoms with van der Waals surface area (Å²) in [4.78, 5) is 10.5. The highest BCUT2D eigenvalue weighted by atomic mass is 19.4. The molecule has 9 heteroatoms. The second kappa shape index (κ2) is 6.52. The average molecular weight is 392 g/mol.